The predicted octanol–water partition coefficient (Wildman–Crippen LogP) is 5.20. The Hall–Kier alpha value is -1.67. The molecule has 2 rings (SSSR count). The van der Waals surface area contributed by atoms with Gasteiger partial charge in [-0.3, -0.25) is 0 Å². The Labute approximate surface area is 127 Å². The summed E-state index contributed by atoms with van der Waals surface area (Å²) in [4.78, 5) is 0. The van der Waals surface area contributed by atoms with Crippen molar-refractivity contribution in [2.75, 3.05) is 0 Å². The molecule has 2 aromatic carbocycles. The first kappa shape index (κ1) is 15.7. The van der Waals surface area contributed by atoms with Gasteiger partial charge in [-0.15, -0.1) is 0 Å². The maximum absolute atomic E-state index is 13.7. The molecule has 21 heavy (non-hydrogen) atoms. The zero-order chi connectivity index (χ0) is 15.6. The molecule has 0 aliphatic rings. The Morgan fingerprint density at radius 1 is 0.905 bits per heavy atom. The fourth-order valence-corrected chi connectivity index (χ4v) is 2.64. The average Bonchev–Trinajstić information content (AvgIpc) is 2.46. The summed E-state index contributed by atoms with van der Waals surface area (Å²) in [5.41, 5.74) is 11.4. The van der Waals surface area contributed by atoms with Crippen LogP contribution in [0.1, 0.15) is 56.2 Å². The Bertz CT molecular complexity index is 629. The molecule has 0 bridgehead atoms. The second-order valence-electron chi connectivity index (χ2n) is 6.16. The van der Waals surface area contributed by atoms with Gasteiger partial charge in [0.15, 0.2) is 0 Å². The van der Waals surface area contributed by atoms with Gasteiger partial charge < -0.3 is 5.73 Å². The second-order valence-corrected chi connectivity index (χ2v) is 6.16. The van der Waals surface area contributed by atoms with Gasteiger partial charge in [-0.25, -0.2) is 4.39 Å². The van der Waals surface area contributed by atoms with Crippen LogP contribution >= 0.6 is 0 Å². The van der Waals surface area contributed by atoms with Gasteiger partial charge in [-0.1, -0.05) is 52.0 Å². The maximum Gasteiger partial charge on any atom is 0.123 e. The highest BCUT2D eigenvalue weighted by Crippen LogP contribution is 2.34. The maximum atomic E-state index is 13.7. The summed E-state index contributed by atoms with van der Waals surface area (Å²) in [6.45, 7) is 9.13. The van der Waals surface area contributed by atoms with Crippen molar-refractivity contribution in [2.45, 2.75) is 46.1 Å². The molecule has 0 atom stereocenters. The lowest BCUT2D eigenvalue weighted by atomic mass is 9.87. The first-order chi connectivity index (χ1) is 9.93. The third-order valence-corrected chi connectivity index (χ3v) is 3.95. The number of hydrogen-bond donors (Lipinski definition) is 1. The number of nitrogens with two attached hydrogens (primary N) is 1. The van der Waals surface area contributed by atoms with Crippen molar-refractivity contribution in [3.63, 3.8) is 0 Å². The minimum absolute atomic E-state index is 0.218. The van der Waals surface area contributed by atoms with Crippen molar-refractivity contribution in [1.82, 2.24) is 0 Å². The van der Waals surface area contributed by atoms with E-state index in [9.17, 15) is 4.39 Å². The zero-order valence-electron chi connectivity index (χ0n) is 13.3. The van der Waals surface area contributed by atoms with Crippen LogP contribution in [0, 0.1) is 5.82 Å². The summed E-state index contributed by atoms with van der Waals surface area (Å²) in [7, 11) is 0. The molecule has 0 fully saturated rings. The quantitative estimate of drug-likeness (QED) is 0.821. The van der Waals surface area contributed by atoms with Crippen molar-refractivity contribution in [1.29, 1.82) is 0 Å². The monoisotopic (exact) mass is 285 g/mol. The molecule has 1 nitrogen and oxygen atoms in total. The number of rotatable bonds is 4. The summed E-state index contributed by atoms with van der Waals surface area (Å²) in [6, 6.07) is 11.3. The van der Waals surface area contributed by atoms with E-state index in [1.54, 1.807) is 12.1 Å². The summed E-state index contributed by atoms with van der Waals surface area (Å²) >= 11 is 0. The van der Waals surface area contributed by atoms with E-state index in [-0.39, 0.29) is 5.82 Å². The topological polar surface area (TPSA) is 26.0 Å². The molecule has 0 aliphatic carbocycles. The Balaban J connectivity index is 2.66. The summed E-state index contributed by atoms with van der Waals surface area (Å²) in [6.07, 6.45) is 0. The molecule has 0 spiro atoms. The summed E-state index contributed by atoms with van der Waals surface area (Å²) < 4.78 is 13.7. The van der Waals surface area contributed by atoms with Crippen LogP contribution in [-0.4, -0.2) is 0 Å². The van der Waals surface area contributed by atoms with Gasteiger partial charge >= 0.3 is 0 Å². The third-order valence-electron chi connectivity index (χ3n) is 3.95. The second kappa shape index (κ2) is 6.40. The van der Waals surface area contributed by atoms with Gasteiger partial charge in [0.05, 0.1) is 0 Å². The smallest absolute Gasteiger partial charge is 0.123 e. The highest BCUT2D eigenvalue weighted by Gasteiger charge is 2.14. The zero-order valence-corrected chi connectivity index (χ0v) is 13.3. The minimum atomic E-state index is -0.218. The third kappa shape index (κ3) is 3.33. The molecule has 112 valence electrons. The Kier molecular flexibility index (Phi) is 4.79. The van der Waals surface area contributed by atoms with Crippen molar-refractivity contribution in [2.24, 2.45) is 5.73 Å². The van der Waals surface area contributed by atoms with E-state index in [1.807, 2.05) is 0 Å². The molecule has 0 radical (unpaired) electrons. The highest BCUT2D eigenvalue weighted by molar-refractivity contribution is 5.72. The molecule has 0 amide bonds. The molecule has 0 aromatic heterocycles. The molecular formula is C19H24FN. The van der Waals surface area contributed by atoms with Crippen LogP contribution in [-0.2, 0) is 6.54 Å². The van der Waals surface area contributed by atoms with E-state index in [1.165, 1.54) is 17.2 Å². The minimum Gasteiger partial charge on any atom is -0.326 e. The predicted molar refractivity (Wildman–Crippen MR) is 87.9 cm³/mol. The summed E-state index contributed by atoms with van der Waals surface area (Å²) in [5, 5.41) is 0. The van der Waals surface area contributed by atoms with Crippen LogP contribution in [0.15, 0.2) is 36.4 Å². The van der Waals surface area contributed by atoms with E-state index in [4.69, 9.17) is 5.73 Å². The average molecular weight is 285 g/mol. The largest absolute Gasteiger partial charge is 0.326 e. The van der Waals surface area contributed by atoms with Gasteiger partial charge in [0.25, 0.3) is 0 Å². The van der Waals surface area contributed by atoms with E-state index >= 15 is 0 Å². The standard InChI is InChI=1S/C19H24FN/c1-12(2)14-6-8-17(18(9-14)13(3)4)19-10-16(20)7-5-15(19)11-21/h5-10,12-13H,11,21H2,1-4H3. The van der Waals surface area contributed by atoms with Crippen molar-refractivity contribution in [3.8, 4) is 11.1 Å². The first-order valence-electron chi connectivity index (χ1n) is 7.56. The molecule has 2 heteroatoms. The van der Waals surface area contributed by atoms with Gasteiger partial charge in [-0.05, 0) is 51.8 Å². The van der Waals surface area contributed by atoms with Crippen LogP contribution in [0.3, 0.4) is 0 Å². The van der Waals surface area contributed by atoms with Crippen LogP contribution in [0.25, 0.3) is 11.1 Å². The molecular weight excluding hydrogens is 261 g/mol. The molecule has 0 saturated carbocycles. The SMILES string of the molecule is CC(C)c1ccc(-c2cc(F)ccc2CN)c(C(C)C)c1. The summed E-state index contributed by atoms with van der Waals surface area (Å²) in [5.74, 6) is 0.649. The van der Waals surface area contributed by atoms with Crippen LogP contribution in [0.5, 0.6) is 0 Å². The first-order valence-corrected chi connectivity index (χ1v) is 7.56. The Morgan fingerprint density at radius 2 is 1.62 bits per heavy atom. The van der Waals surface area contributed by atoms with Gasteiger partial charge in [0.2, 0.25) is 0 Å². The van der Waals surface area contributed by atoms with Gasteiger partial charge in [0.1, 0.15) is 5.82 Å². The van der Waals surface area contributed by atoms with E-state index < -0.39 is 0 Å². The molecule has 2 N–H and O–H groups in total. The van der Waals surface area contributed by atoms with Crippen LogP contribution in [0.4, 0.5) is 4.39 Å². The normalized spacial score (nSPS) is 11.4. The molecule has 0 heterocycles. The molecule has 0 unspecified atom stereocenters. The highest BCUT2D eigenvalue weighted by atomic mass is 19.1. The number of benzene rings is 2. The lowest BCUT2D eigenvalue weighted by Crippen LogP contribution is -2.02. The lowest BCUT2D eigenvalue weighted by Gasteiger charge is -2.18. The van der Waals surface area contributed by atoms with E-state index in [0.29, 0.717) is 18.4 Å². The van der Waals surface area contributed by atoms with E-state index in [2.05, 4.69) is 45.9 Å². The van der Waals surface area contributed by atoms with Crippen molar-refractivity contribution in [3.05, 3.63) is 58.9 Å². The molecule has 2 aromatic rings. The molecule has 0 saturated heterocycles. The van der Waals surface area contributed by atoms with E-state index in [0.717, 1.165) is 16.7 Å². The fourth-order valence-electron chi connectivity index (χ4n) is 2.64. The fraction of sp³-hybridized carbons (Fsp3) is 0.368. The van der Waals surface area contributed by atoms with Gasteiger partial charge in [-0.2, -0.15) is 0 Å². The lowest BCUT2D eigenvalue weighted by molar-refractivity contribution is 0.627. The number of hydrogen-bond acceptors (Lipinski definition) is 1. The van der Waals surface area contributed by atoms with Crippen molar-refractivity contribution < 1.29 is 4.39 Å². The Morgan fingerprint density at radius 3 is 2.19 bits per heavy atom. The van der Waals surface area contributed by atoms with Crippen LogP contribution in [0.2, 0.25) is 0 Å². The number of halogens is 1. The van der Waals surface area contributed by atoms with Gasteiger partial charge in [0, 0.05) is 6.54 Å². The molecule has 0 aliphatic heterocycles. The van der Waals surface area contributed by atoms with Crippen molar-refractivity contribution >= 4 is 0 Å². The van der Waals surface area contributed by atoms with Crippen LogP contribution < -0.4 is 5.73 Å².